The molecule has 0 aliphatic carbocycles. The molecule has 0 aromatic heterocycles. The zero-order valence-corrected chi connectivity index (χ0v) is 41.4. The lowest BCUT2D eigenvalue weighted by molar-refractivity contribution is -0.273. The number of benzene rings is 6. The van der Waals surface area contributed by atoms with Gasteiger partial charge >= 0.3 is 0 Å². The van der Waals surface area contributed by atoms with Crippen molar-refractivity contribution in [1.29, 1.82) is 0 Å². The van der Waals surface area contributed by atoms with Crippen LogP contribution < -0.4 is 15.1 Å². The molecule has 6 aromatic carbocycles. The van der Waals surface area contributed by atoms with E-state index in [1.807, 2.05) is 91.0 Å². The maximum Gasteiger partial charge on any atom is 0.261 e. The molecule has 1 N–H and O–H groups in total. The topological polar surface area (TPSA) is 94.1 Å². The summed E-state index contributed by atoms with van der Waals surface area (Å²) in [5.74, 6) is 0.777. The molecular formula is C59H68O9Si. The molecule has 2 fully saturated rings. The van der Waals surface area contributed by atoms with Crippen LogP contribution in [0.5, 0.6) is 5.75 Å². The molecule has 2 aliphatic heterocycles. The van der Waals surface area contributed by atoms with Crippen LogP contribution in [0.2, 0.25) is 5.04 Å². The highest BCUT2D eigenvalue weighted by molar-refractivity contribution is 6.99. The lowest BCUT2D eigenvalue weighted by Crippen LogP contribution is -2.67. The Kier molecular flexibility index (Phi) is 17.8. The highest BCUT2D eigenvalue weighted by Crippen LogP contribution is 2.38. The van der Waals surface area contributed by atoms with Gasteiger partial charge in [0.1, 0.15) is 36.3 Å². The van der Waals surface area contributed by atoms with E-state index < -0.39 is 57.1 Å². The molecule has 10 heteroatoms. The maximum atomic E-state index is 12.0. The fraction of sp³-hybridized carbons (Fsp3) is 0.356. The summed E-state index contributed by atoms with van der Waals surface area (Å²) in [6, 6.07) is 59.5. The van der Waals surface area contributed by atoms with Crippen LogP contribution in [0.15, 0.2) is 188 Å². The van der Waals surface area contributed by atoms with E-state index in [0.717, 1.165) is 28.0 Å². The van der Waals surface area contributed by atoms with Gasteiger partial charge in [0.15, 0.2) is 0 Å². The van der Waals surface area contributed by atoms with Crippen molar-refractivity contribution < 1.29 is 42.7 Å². The van der Waals surface area contributed by atoms with Crippen molar-refractivity contribution in [3.63, 3.8) is 0 Å². The summed E-state index contributed by atoms with van der Waals surface area (Å²) < 4.78 is 53.9. The summed E-state index contributed by atoms with van der Waals surface area (Å²) in [6.45, 7) is 8.81. The van der Waals surface area contributed by atoms with Gasteiger partial charge in [-0.3, -0.25) is 0 Å². The van der Waals surface area contributed by atoms with Crippen LogP contribution in [0.25, 0.3) is 0 Å². The molecule has 8 atom stereocenters. The molecule has 0 amide bonds. The minimum Gasteiger partial charge on any atom is -0.497 e. The van der Waals surface area contributed by atoms with Gasteiger partial charge in [-0.05, 0) is 62.6 Å². The predicted octanol–water partition coefficient (Wildman–Crippen LogP) is 9.78. The van der Waals surface area contributed by atoms with Crippen molar-refractivity contribution in [2.24, 2.45) is 0 Å². The van der Waals surface area contributed by atoms with E-state index in [1.165, 1.54) is 10.4 Å². The van der Waals surface area contributed by atoms with Crippen LogP contribution in [0.4, 0.5) is 0 Å². The number of hydrogen-bond acceptors (Lipinski definition) is 9. The number of hydrogen-bond donors (Lipinski definition) is 1. The van der Waals surface area contributed by atoms with Gasteiger partial charge in [0.05, 0.1) is 65.1 Å². The van der Waals surface area contributed by atoms with Crippen molar-refractivity contribution in [3.8, 4) is 5.75 Å². The van der Waals surface area contributed by atoms with Gasteiger partial charge in [-0.15, -0.1) is 0 Å². The molecule has 0 unspecified atom stereocenters. The summed E-state index contributed by atoms with van der Waals surface area (Å²) in [5, 5.41) is 14.1. The summed E-state index contributed by atoms with van der Waals surface area (Å²) in [4.78, 5) is 0. The quantitative estimate of drug-likeness (QED) is 0.0560. The Morgan fingerprint density at radius 2 is 1.12 bits per heavy atom. The Hall–Kier alpha value is -5.24. The molecule has 0 saturated carbocycles. The van der Waals surface area contributed by atoms with Crippen LogP contribution in [-0.4, -0.2) is 82.6 Å². The number of aliphatic hydroxyl groups is 1. The first-order valence-corrected chi connectivity index (χ1v) is 26.2. The summed E-state index contributed by atoms with van der Waals surface area (Å²) >= 11 is 0. The second-order valence-electron chi connectivity index (χ2n) is 19.0. The SMILES string of the molecule is COc1ccc(CO[C@@H](/C=C/[C@@H]2O[C@@H]3[C@@H](OCc4ccccc4)[C@H](OCc4ccccc4)[C@@H](COCc4ccccc4)O[C@H]3CC[C@H]2O)CO[Si](c2ccccc2)(c2ccccc2)C(C)(C)C)cc1. The second kappa shape index (κ2) is 24.5. The van der Waals surface area contributed by atoms with E-state index in [4.69, 9.17) is 37.6 Å². The van der Waals surface area contributed by atoms with Gasteiger partial charge in [0, 0.05) is 0 Å². The third kappa shape index (κ3) is 13.1. The van der Waals surface area contributed by atoms with E-state index in [9.17, 15) is 5.11 Å². The van der Waals surface area contributed by atoms with Crippen molar-refractivity contribution in [2.45, 2.75) is 114 Å². The Morgan fingerprint density at radius 3 is 1.65 bits per heavy atom. The molecule has 69 heavy (non-hydrogen) atoms. The van der Waals surface area contributed by atoms with Gasteiger partial charge in [0.2, 0.25) is 0 Å². The fourth-order valence-electron chi connectivity index (χ4n) is 9.54. The molecule has 2 heterocycles. The Bertz CT molecular complexity index is 2380. The zero-order chi connectivity index (χ0) is 47.9. The molecule has 9 nitrogen and oxygen atoms in total. The fourth-order valence-corrected chi connectivity index (χ4v) is 14.1. The van der Waals surface area contributed by atoms with E-state index in [0.29, 0.717) is 39.3 Å². The van der Waals surface area contributed by atoms with Gasteiger partial charge in [0.25, 0.3) is 8.32 Å². The molecule has 8 rings (SSSR count). The Morgan fingerprint density at radius 1 is 0.609 bits per heavy atom. The van der Waals surface area contributed by atoms with Crippen LogP contribution in [0, 0.1) is 0 Å². The van der Waals surface area contributed by atoms with Gasteiger partial charge in [-0.2, -0.15) is 0 Å². The van der Waals surface area contributed by atoms with Crippen molar-refractivity contribution in [2.75, 3.05) is 20.3 Å². The normalized spacial score (nSPS) is 22.4. The van der Waals surface area contributed by atoms with Crippen LogP contribution in [-0.2, 0) is 59.3 Å². The molecule has 0 spiro atoms. The van der Waals surface area contributed by atoms with Crippen LogP contribution >= 0.6 is 0 Å². The summed E-state index contributed by atoms with van der Waals surface area (Å²) in [6.07, 6.45) is 0.304. The third-order valence-electron chi connectivity index (χ3n) is 13.2. The molecule has 2 saturated heterocycles. The zero-order valence-electron chi connectivity index (χ0n) is 40.4. The third-order valence-corrected chi connectivity index (χ3v) is 18.2. The Labute approximate surface area is 410 Å². The largest absolute Gasteiger partial charge is 0.497 e. The van der Waals surface area contributed by atoms with Gasteiger partial charge in [-0.1, -0.05) is 197 Å². The minimum absolute atomic E-state index is 0.241. The molecule has 0 bridgehead atoms. The van der Waals surface area contributed by atoms with E-state index in [-0.39, 0.29) is 18.3 Å². The van der Waals surface area contributed by atoms with Crippen LogP contribution in [0.3, 0.4) is 0 Å². The van der Waals surface area contributed by atoms with Crippen LogP contribution in [0.1, 0.15) is 55.9 Å². The summed E-state index contributed by atoms with van der Waals surface area (Å²) in [7, 11) is -1.27. The average Bonchev–Trinajstić information content (AvgIpc) is 3.54. The number of aliphatic hydroxyl groups excluding tert-OH is 1. The van der Waals surface area contributed by atoms with Gasteiger partial charge in [-0.25, -0.2) is 0 Å². The lowest BCUT2D eigenvalue weighted by Gasteiger charge is -2.46. The van der Waals surface area contributed by atoms with E-state index in [2.05, 4.69) is 118 Å². The maximum absolute atomic E-state index is 12.0. The first-order chi connectivity index (χ1) is 33.7. The standard InChI is InChI=1S/C59H68O9Si/c1-59(2,3)69(50-26-16-8-17-27-50,51-28-18-9-19-29-51)66-42-49(63-39-47-30-32-48(61-4)33-31-47)34-36-53-52(60)35-37-54-57(68-53)58(65-41-46-24-14-7-15-25-46)56(64-40-45-22-12-6-13-23-45)55(67-54)43-62-38-44-20-10-5-11-21-44/h5-34,36,49,52-58,60H,35,37-43H2,1-4H3/b36-34+/t49-,52+,53-,54-,55+,56+,57-,58-/m0/s1. The van der Waals surface area contributed by atoms with E-state index in [1.54, 1.807) is 7.11 Å². The van der Waals surface area contributed by atoms with Crippen molar-refractivity contribution in [3.05, 3.63) is 210 Å². The molecular weight excluding hydrogens is 881 g/mol. The minimum atomic E-state index is -2.94. The van der Waals surface area contributed by atoms with E-state index >= 15 is 0 Å². The second-order valence-corrected chi connectivity index (χ2v) is 23.3. The predicted molar refractivity (Wildman–Crippen MR) is 273 cm³/mol. The number of fused-ring (bicyclic) bond motifs is 1. The monoisotopic (exact) mass is 948 g/mol. The molecule has 0 radical (unpaired) electrons. The highest BCUT2D eigenvalue weighted by Gasteiger charge is 2.52. The highest BCUT2D eigenvalue weighted by atomic mass is 28.4. The first kappa shape index (κ1) is 50.2. The van der Waals surface area contributed by atoms with Gasteiger partial charge < -0.3 is 42.7 Å². The lowest BCUT2D eigenvalue weighted by atomic mass is 9.92. The summed E-state index contributed by atoms with van der Waals surface area (Å²) in [5.41, 5.74) is 4.13. The number of methoxy groups -OCH3 is 1. The molecule has 2 aliphatic rings. The van der Waals surface area contributed by atoms with Crippen molar-refractivity contribution in [1.82, 2.24) is 0 Å². The Balaban J connectivity index is 1.10. The molecule has 362 valence electrons. The first-order valence-electron chi connectivity index (χ1n) is 24.3. The molecule has 6 aromatic rings. The average molecular weight is 949 g/mol. The number of rotatable bonds is 21. The van der Waals surface area contributed by atoms with Crippen molar-refractivity contribution >= 4 is 18.7 Å². The smallest absolute Gasteiger partial charge is 0.261 e. The number of ether oxygens (including phenoxy) is 7.